The Labute approximate surface area is 169 Å². The number of ether oxygens (including phenoxy) is 1. The molecule has 0 radical (unpaired) electrons. The Balaban J connectivity index is 1.59. The lowest BCUT2D eigenvalue weighted by Crippen LogP contribution is -2.05. The van der Waals surface area contributed by atoms with Crippen LogP contribution in [0.4, 0.5) is 11.6 Å². The largest absolute Gasteiger partial charge is 0.491 e. The van der Waals surface area contributed by atoms with E-state index in [-0.39, 0.29) is 6.10 Å². The van der Waals surface area contributed by atoms with Gasteiger partial charge in [0.15, 0.2) is 0 Å². The Hall–Kier alpha value is -3.38. The van der Waals surface area contributed by atoms with Crippen LogP contribution in [0.2, 0.25) is 0 Å². The van der Waals surface area contributed by atoms with Crippen LogP contribution in [0, 0.1) is 0 Å². The minimum Gasteiger partial charge on any atom is -0.491 e. The van der Waals surface area contributed by atoms with Gasteiger partial charge in [0.05, 0.1) is 12.2 Å². The highest BCUT2D eigenvalue weighted by Crippen LogP contribution is 2.23. The molecule has 2 aromatic carbocycles. The Morgan fingerprint density at radius 2 is 1.69 bits per heavy atom. The standard InChI is InChI=1S/C23H24N4O2/c1-15(2)29-21-10-6-19(7-11-21)25-23-24-14-18-12-13-27(22(18)26-23)20-8-4-17(5-9-20)16(3)28/h4-16,28H,1-3H3,(H,24,25,26). The number of fused-ring (bicyclic) bond motifs is 1. The van der Waals surface area contributed by atoms with Crippen LogP contribution in [0.25, 0.3) is 16.7 Å². The van der Waals surface area contributed by atoms with E-state index in [2.05, 4.69) is 10.3 Å². The number of hydrogen-bond acceptors (Lipinski definition) is 5. The maximum Gasteiger partial charge on any atom is 0.229 e. The molecule has 0 saturated heterocycles. The Morgan fingerprint density at radius 1 is 0.966 bits per heavy atom. The molecular weight excluding hydrogens is 364 g/mol. The van der Waals surface area contributed by atoms with Gasteiger partial charge in [0, 0.05) is 29.2 Å². The average Bonchev–Trinajstić information content (AvgIpc) is 3.12. The number of aromatic nitrogens is 3. The lowest BCUT2D eigenvalue weighted by atomic mass is 10.1. The lowest BCUT2D eigenvalue weighted by Gasteiger charge is -2.11. The second-order valence-corrected chi connectivity index (χ2v) is 7.24. The molecule has 29 heavy (non-hydrogen) atoms. The fourth-order valence-electron chi connectivity index (χ4n) is 3.12. The molecule has 2 N–H and O–H groups in total. The van der Waals surface area contributed by atoms with Crippen molar-refractivity contribution in [2.24, 2.45) is 0 Å². The molecule has 1 unspecified atom stereocenters. The molecule has 1 atom stereocenters. The zero-order valence-corrected chi connectivity index (χ0v) is 16.7. The summed E-state index contributed by atoms with van der Waals surface area (Å²) in [6.45, 7) is 5.76. The molecule has 2 heterocycles. The van der Waals surface area contributed by atoms with Gasteiger partial charge >= 0.3 is 0 Å². The Bertz CT molecular complexity index is 1100. The molecule has 6 heteroatoms. The fraction of sp³-hybridized carbons (Fsp3) is 0.217. The first kappa shape index (κ1) is 19.0. The molecule has 0 saturated carbocycles. The number of aliphatic hydroxyl groups excluding tert-OH is 1. The maximum atomic E-state index is 9.71. The van der Waals surface area contributed by atoms with Crippen LogP contribution < -0.4 is 10.1 Å². The zero-order chi connectivity index (χ0) is 20.4. The first-order valence-corrected chi connectivity index (χ1v) is 9.66. The number of benzene rings is 2. The minimum atomic E-state index is -0.485. The normalized spacial score (nSPS) is 12.3. The van der Waals surface area contributed by atoms with E-state index in [1.54, 1.807) is 6.92 Å². The number of rotatable bonds is 6. The monoisotopic (exact) mass is 388 g/mol. The van der Waals surface area contributed by atoms with E-state index >= 15 is 0 Å². The van der Waals surface area contributed by atoms with E-state index < -0.39 is 6.10 Å². The summed E-state index contributed by atoms with van der Waals surface area (Å²) in [5.74, 6) is 1.35. The summed E-state index contributed by atoms with van der Waals surface area (Å²) in [4.78, 5) is 9.11. The highest BCUT2D eigenvalue weighted by Gasteiger charge is 2.09. The number of hydrogen-bond donors (Lipinski definition) is 2. The summed E-state index contributed by atoms with van der Waals surface area (Å²) in [5, 5.41) is 13.9. The van der Waals surface area contributed by atoms with Gasteiger partial charge in [-0.15, -0.1) is 0 Å². The van der Waals surface area contributed by atoms with Gasteiger partial charge < -0.3 is 19.7 Å². The molecule has 0 bridgehead atoms. The van der Waals surface area contributed by atoms with Gasteiger partial charge in [-0.1, -0.05) is 12.1 Å². The summed E-state index contributed by atoms with van der Waals surface area (Å²) in [6, 6.07) is 17.5. The SMILES string of the molecule is CC(C)Oc1ccc(Nc2ncc3ccn(-c4ccc(C(C)O)cc4)c3n2)cc1. The second kappa shape index (κ2) is 7.93. The summed E-state index contributed by atoms with van der Waals surface area (Å²) < 4.78 is 7.68. The van der Waals surface area contributed by atoms with Crippen molar-refractivity contribution in [1.82, 2.24) is 14.5 Å². The van der Waals surface area contributed by atoms with E-state index in [0.717, 1.165) is 33.7 Å². The molecule has 0 aliphatic carbocycles. The van der Waals surface area contributed by atoms with Crippen molar-refractivity contribution >= 4 is 22.7 Å². The quantitative estimate of drug-likeness (QED) is 0.486. The molecule has 0 aliphatic heterocycles. The van der Waals surface area contributed by atoms with Gasteiger partial charge in [-0.05, 0) is 68.8 Å². The van der Waals surface area contributed by atoms with Crippen LogP contribution in [-0.2, 0) is 0 Å². The third-order valence-electron chi connectivity index (χ3n) is 4.56. The van der Waals surface area contributed by atoms with Gasteiger partial charge in [0.2, 0.25) is 5.95 Å². The van der Waals surface area contributed by atoms with E-state index in [4.69, 9.17) is 9.72 Å². The number of aliphatic hydroxyl groups is 1. The highest BCUT2D eigenvalue weighted by molar-refractivity contribution is 5.78. The molecular formula is C23H24N4O2. The van der Waals surface area contributed by atoms with Crippen LogP contribution in [-0.4, -0.2) is 25.7 Å². The van der Waals surface area contributed by atoms with Crippen molar-refractivity contribution in [3.63, 3.8) is 0 Å². The predicted octanol–water partition coefficient (Wildman–Crippen LogP) is 5.00. The van der Waals surface area contributed by atoms with Gasteiger partial charge in [-0.25, -0.2) is 4.98 Å². The van der Waals surface area contributed by atoms with Crippen LogP contribution in [0.15, 0.2) is 67.0 Å². The molecule has 148 valence electrons. The van der Waals surface area contributed by atoms with Crippen LogP contribution in [0.3, 0.4) is 0 Å². The summed E-state index contributed by atoms with van der Waals surface area (Å²) in [6.07, 6.45) is 3.43. The highest BCUT2D eigenvalue weighted by atomic mass is 16.5. The van der Waals surface area contributed by atoms with Gasteiger partial charge in [-0.3, -0.25) is 0 Å². The topological polar surface area (TPSA) is 72.2 Å². The van der Waals surface area contributed by atoms with Crippen molar-refractivity contribution in [3.8, 4) is 11.4 Å². The third-order valence-corrected chi connectivity index (χ3v) is 4.56. The zero-order valence-electron chi connectivity index (χ0n) is 16.7. The molecule has 2 aromatic heterocycles. The van der Waals surface area contributed by atoms with E-state index in [0.29, 0.717) is 5.95 Å². The van der Waals surface area contributed by atoms with Gasteiger partial charge in [-0.2, -0.15) is 4.98 Å². The second-order valence-electron chi connectivity index (χ2n) is 7.24. The smallest absolute Gasteiger partial charge is 0.229 e. The third kappa shape index (κ3) is 4.22. The maximum absolute atomic E-state index is 9.71. The van der Waals surface area contributed by atoms with Crippen LogP contribution >= 0.6 is 0 Å². The Morgan fingerprint density at radius 3 is 2.34 bits per heavy atom. The summed E-state index contributed by atoms with van der Waals surface area (Å²) in [7, 11) is 0. The van der Waals surface area contributed by atoms with Crippen LogP contribution in [0.5, 0.6) is 5.75 Å². The molecule has 6 nitrogen and oxygen atoms in total. The lowest BCUT2D eigenvalue weighted by molar-refractivity contribution is 0.199. The van der Waals surface area contributed by atoms with Crippen LogP contribution in [0.1, 0.15) is 32.4 Å². The fourth-order valence-corrected chi connectivity index (χ4v) is 3.12. The molecule has 0 spiro atoms. The molecule has 0 amide bonds. The first-order valence-electron chi connectivity index (χ1n) is 9.66. The molecule has 4 rings (SSSR count). The van der Waals surface area contributed by atoms with Crippen molar-refractivity contribution in [1.29, 1.82) is 0 Å². The number of nitrogens with one attached hydrogen (secondary N) is 1. The van der Waals surface area contributed by atoms with E-state index in [1.165, 1.54) is 0 Å². The average molecular weight is 388 g/mol. The van der Waals surface area contributed by atoms with Crippen molar-refractivity contribution in [2.75, 3.05) is 5.32 Å². The number of nitrogens with zero attached hydrogens (tertiary/aromatic N) is 3. The van der Waals surface area contributed by atoms with E-state index in [1.807, 2.05) is 85.4 Å². The minimum absolute atomic E-state index is 0.141. The van der Waals surface area contributed by atoms with E-state index in [9.17, 15) is 5.11 Å². The first-order chi connectivity index (χ1) is 14.0. The van der Waals surface area contributed by atoms with Gasteiger partial charge in [0.1, 0.15) is 11.4 Å². The summed E-state index contributed by atoms with van der Waals surface area (Å²) >= 11 is 0. The van der Waals surface area contributed by atoms with Crippen molar-refractivity contribution < 1.29 is 9.84 Å². The molecule has 0 fully saturated rings. The summed E-state index contributed by atoms with van der Waals surface area (Å²) in [5.41, 5.74) is 3.56. The van der Waals surface area contributed by atoms with Crippen molar-refractivity contribution in [2.45, 2.75) is 33.0 Å². The van der Waals surface area contributed by atoms with Crippen molar-refractivity contribution in [3.05, 3.63) is 72.6 Å². The molecule has 4 aromatic rings. The number of anilines is 2. The molecule has 0 aliphatic rings. The van der Waals surface area contributed by atoms with Gasteiger partial charge in [0.25, 0.3) is 0 Å². The predicted molar refractivity (Wildman–Crippen MR) is 115 cm³/mol. The Kier molecular flexibility index (Phi) is 5.18.